The molecule has 1 N–H and O–H groups in total. The average molecular weight is 188 g/mol. The summed E-state index contributed by atoms with van der Waals surface area (Å²) in [6.45, 7) is 2.07. The van der Waals surface area contributed by atoms with E-state index in [4.69, 9.17) is 4.42 Å². The minimum atomic E-state index is 0.461. The number of oxazole rings is 1. The van der Waals surface area contributed by atoms with E-state index < -0.39 is 0 Å². The highest BCUT2D eigenvalue weighted by molar-refractivity contribution is 5.72. The van der Waals surface area contributed by atoms with Gasteiger partial charge >= 0.3 is 0 Å². The van der Waals surface area contributed by atoms with Gasteiger partial charge in [0, 0.05) is 12.5 Å². The molecule has 3 heteroatoms. The topological polar surface area (TPSA) is 38.1 Å². The van der Waals surface area contributed by atoms with Gasteiger partial charge in [-0.2, -0.15) is 0 Å². The van der Waals surface area contributed by atoms with Gasteiger partial charge < -0.3 is 9.73 Å². The van der Waals surface area contributed by atoms with Crippen molar-refractivity contribution < 1.29 is 4.42 Å². The largest absolute Gasteiger partial charge is 0.440 e. The third kappa shape index (κ3) is 1.21. The van der Waals surface area contributed by atoms with Gasteiger partial charge in [-0.05, 0) is 25.1 Å². The van der Waals surface area contributed by atoms with Gasteiger partial charge in [-0.1, -0.05) is 12.1 Å². The third-order valence-corrected chi connectivity index (χ3v) is 2.72. The number of rotatable bonds is 1. The number of fused-ring (bicyclic) bond motifs is 1. The SMILES string of the molecule is c1ccc2oc([C@H]3CCNC3)nc2c1. The monoisotopic (exact) mass is 188 g/mol. The van der Waals surface area contributed by atoms with Crippen LogP contribution in [-0.4, -0.2) is 18.1 Å². The van der Waals surface area contributed by atoms with Crippen molar-refractivity contribution in [2.75, 3.05) is 13.1 Å². The normalized spacial score (nSPS) is 21.9. The Hall–Kier alpha value is -1.35. The number of aromatic nitrogens is 1. The molecule has 3 rings (SSSR count). The molecular weight excluding hydrogens is 176 g/mol. The van der Waals surface area contributed by atoms with Crippen molar-refractivity contribution in [3.05, 3.63) is 30.2 Å². The fraction of sp³-hybridized carbons (Fsp3) is 0.364. The smallest absolute Gasteiger partial charge is 0.199 e. The highest BCUT2D eigenvalue weighted by Gasteiger charge is 2.21. The second-order valence-electron chi connectivity index (χ2n) is 3.71. The summed E-state index contributed by atoms with van der Waals surface area (Å²) in [5.41, 5.74) is 1.86. The van der Waals surface area contributed by atoms with Crippen LogP contribution in [0.2, 0.25) is 0 Å². The lowest BCUT2D eigenvalue weighted by atomic mass is 10.1. The Balaban J connectivity index is 2.05. The predicted octanol–water partition coefficient (Wildman–Crippen LogP) is 1.90. The van der Waals surface area contributed by atoms with Crippen molar-refractivity contribution in [3.8, 4) is 0 Å². The molecule has 0 radical (unpaired) electrons. The standard InChI is InChI=1S/C11H12N2O/c1-2-4-10-9(3-1)13-11(14-10)8-5-6-12-7-8/h1-4,8,12H,5-7H2/t8-/m0/s1. The quantitative estimate of drug-likeness (QED) is 0.742. The minimum absolute atomic E-state index is 0.461. The summed E-state index contributed by atoms with van der Waals surface area (Å²) in [6, 6.07) is 7.92. The van der Waals surface area contributed by atoms with E-state index in [-0.39, 0.29) is 0 Å². The van der Waals surface area contributed by atoms with Crippen LogP contribution in [0.5, 0.6) is 0 Å². The lowest BCUT2D eigenvalue weighted by molar-refractivity contribution is 0.485. The molecule has 1 aliphatic heterocycles. The number of benzene rings is 1. The van der Waals surface area contributed by atoms with Crippen molar-refractivity contribution in [3.63, 3.8) is 0 Å². The summed E-state index contributed by atoms with van der Waals surface area (Å²) < 4.78 is 5.70. The Morgan fingerprint density at radius 3 is 3.07 bits per heavy atom. The summed E-state index contributed by atoms with van der Waals surface area (Å²) in [5, 5.41) is 3.32. The number of para-hydroxylation sites is 2. The molecule has 0 aliphatic carbocycles. The van der Waals surface area contributed by atoms with Crippen molar-refractivity contribution in [2.24, 2.45) is 0 Å². The molecule has 0 spiro atoms. The number of nitrogens with zero attached hydrogens (tertiary/aromatic N) is 1. The predicted molar refractivity (Wildman–Crippen MR) is 54.2 cm³/mol. The minimum Gasteiger partial charge on any atom is -0.440 e. The van der Waals surface area contributed by atoms with Gasteiger partial charge in [-0.3, -0.25) is 0 Å². The van der Waals surface area contributed by atoms with Gasteiger partial charge in [0.25, 0.3) is 0 Å². The average Bonchev–Trinajstić information content (AvgIpc) is 2.86. The van der Waals surface area contributed by atoms with Crippen molar-refractivity contribution in [2.45, 2.75) is 12.3 Å². The molecule has 1 aromatic heterocycles. The molecule has 72 valence electrons. The second kappa shape index (κ2) is 3.10. The zero-order valence-electron chi connectivity index (χ0n) is 7.86. The molecule has 14 heavy (non-hydrogen) atoms. The van der Waals surface area contributed by atoms with Crippen LogP contribution >= 0.6 is 0 Å². The molecule has 2 heterocycles. The van der Waals surface area contributed by atoms with E-state index >= 15 is 0 Å². The first-order chi connectivity index (χ1) is 6.93. The van der Waals surface area contributed by atoms with Crippen LogP contribution < -0.4 is 5.32 Å². The maximum absolute atomic E-state index is 5.70. The van der Waals surface area contributed by atoms with E-state index in [1.54, 1.807) is 0 Å². The van der Waals surface area contributed by atoms with Crippen molar-refractivity contribution >= 4 is 11.1 Å². The van der Waals surface area contributed by atoms with Gasteiger partial charge in [-0.15, -0.1) is 0 Å². The van der Waals surface area contributed by atoms with Gasteiger partial charge in [0.2, 0.25) is 0 Å². The second-order valence-corrected chi connectivity index (χ2v) is 3.71. The maximum Gasteiger partial charge on any atom is 0.199 e. The van der Waals surface area contributed by atoms with Crippen LogP contribution in [0.4, 0.5) is 0 Å². The molecule has 0 amide bonds. The van der Waals surface area contributed by atoms with E-state index in [1.165, 1.54) is 0 Å². The molecule has 1 aromatic carbocycles. The van der Waals surface area contributed by atoms with Crippen LogP contribution in [0.15, 0.2) is 28.7 Å². The molecule has 2 aromatic rings. The Morgan fingerprint density at radius 1 is 1.36 bits per heavy atom. The van der Waals surface area contributed by atoms with E-state index in [0.717, 1.165) is 36.5 Å². The Labute approximate surface area is 82.1 Å². The first-order valence-electron chi connectivity index (χ1n) is 5.00. The summed E-state index contributed by atoms with van der Waals surface area (Å²) in [4.78, 5) is 4.49. The first-order valence-corrected chi connectivity index (χ1v) is 5.00. The van der Waals surface area contributed by atoms with E-state index in [9.17, 15) is 0 Å². The molecule has 0 saturated carbocycles. The van der Waals surface area contributed by atoms with Crippen molar-refractivity contribution in [1.82, 2.24) is 10.3 Å². The molecule has 1 saturated heterocycles. The molecule has 1 fully saturated rings. The van der Waals surface area contributed by atoms with E-state index in [2.05, 4.69) is 10.3 Å². The lowest BCUT2D eigenvalue weighted by Gasteiger charge is -1.99. The van der Waals surface area contributed by atoms with Gasteiger partial charge in [0.15, 0.2) is 11.5 Å². The van der Waals surface area contributed by atoms with Crippen LogP contribution in [0, 0.1) is 0 Å². The lowest BCUT2D eigenvalue weighted by Crippen LogP contribution is -2.07. The highest BCUT2D eigenvalue weighted by Crippen LogP contribution is 2.25. The maximum atomic E-state index is 5.70. The fourth-order valence-corrected chi connectivity index (χ4v) is 1.93. The van der Waals surface area contributed by atoms with Crippen LogP contribution in [-0.2, 0) is 0 Å². The number of nitrogens with one attached hydrogen (secondary N) is 1. The summed E-state index contributed by atoms with van der Waals surface area (Å²) >= 11 is 0. The summed E-state index contributed by atoms with van der Waals surface area (Å²) in [7, 11) is 0. The van der Waals surface area contributed by atoms with Gasteiger partial charge in [0.05, 0.1) is 0 Å². The first kappa shape index (κ1) is 8.00. The third-order valence-electron chi connectivity index (χ3n) is 2.72. The van der Waals surface area contributed by atoms with Crippen LogP contribution in [0.1, 0.15) is 18.2 Å². The molecule has 3 nitrogen and oxygen atoms in total. The number of hydrogen-bond donors (Lipinski definition) is 1. The Kier molecular flexibility index (Phi) is 1.77. The van der Waals surface area contributed by atoms with Crippen LogP contribution in [0.3, 0.4) is 0 Å². The Bertz CT molecular complexity index is 410. The van der Waals surface area contributed by atoms with E-state index in [0.29, 0.717) is 5.92 Å². The highest BCUT2D eigenvalue weighted by atomic mass is 16.3. The van der Waals surface area contributed by atoms with Crippen molar-refractivity contribution in [1.29, 1.82) is 0 Å². The molecule has 0 bridgehead atoms. The number of hydrogen-bond acceptors (Lipinski definition) is 3. The molecule has 1 aliphatic rings. The molecule has 0 unspecified atom stereocenters. The summed E-state index contributed by atoms with van der Waals surface area (Å²) in [6.07, 6.45) is 1.13. The van der Waals surface area contributed by atoms with E-state index in [1.807, 2.05) is 24.3 Å². The Morgan fingerprint density at radius 2 is 2.29 bits per heavy atom. The van der Waals surface area contributed by atoms with Gasteiger partial charge in [0.1, 0.15) is 5.52 Å². The zero-order valence-corrected chi connectivity index (χ0v) is 7.86. The zero-order chi connectivity index (χ0) is 9.38. The fourth-order valence-electron chi connectivity index (χ4n) is 1.93. The van der Waals surface area contributed by atoms with Gasteiger partial charge in [-0.25, -0.2) is 4.98 Å². The summed E-state index contributed by atoms with van der Waals surface area (Å²) in [5.74, 6) is 1.35. The molecular formula is C11H12N2O. The van der Waals surface area contributed by atoms with Crippen LogP contribution in [0.25, 0.3) is 11.1 Å². The molecule has 1 atom stereocenters.